The minimum Gasteiger partial charge on any atom is -0.385 e. The van der Waals surface area contributed by atoms with Gasteiger partial charge >= 0.3 is 0 Å². The maximum absolute atomic E-state index is 11.8. The van der Waals surface area contributed by atoms with E-state index in [1.165, 1.54) is 5.69 Å². The third-order valence-corrected chi connectivity index (χ3v) is 3.87. The zero-order chi connectivity index (χ0) is 17.2. The third kappa shape index (κ3) is 5.57. The number of anilines is 2. The summed E-state index contributed by atoms with van der Waals surface area (Å²) in [4.78, 5) is 18.3. The molecule has 0 aliphatic carbocycles. The lowest BCUT2D eigenvalue weighted by atomic mass is 10.2. The SMILES string of the molecule is CCN(CC)c1ccc(NCCC(=O)NCc2ccccn2)cc1. The smallest absolute Gasteiger partial charge is 0.222 e. The minimum absolute atomic E-state index is 0.0212. The molecule has 1 aromatic carbocycles. The normalized spacial score (nSPS) is 10.2. The van der Waals surface area contributed by atoms with Crippen LogP contribution in [0.15, 0.2) is 48.7 Å². The van der Waals surface area contributed by atoms with Crippen LogP contribution in [-0.2, 0) is 11.3 Å². The second-order valence-electron chi connectivity index (χ2n) is 5.49. The molecule has 24 heavy (non-hydrogen) atoms. The zero-order valence-corrected chi connectivity index (χ0v) is 14.5. The Balaban J connectivity index is 1.70. The van der Waals surface area contributed by atoms with Crippen LogP contribution in [0.1, 0.15) is 26.0 Å². The van der Waals surface area contributed by atoms with Crippen molar-refractivity contribution in [3.05, 3.63) is 54.4 Å². The van der Waals surface area contributed by atoms with E-state index < -0.39 is 0 Å². The number of carbonyl (C=O) groups excluding carboxylic acids is 1. The highest BCUT2D eigenvalue weighted by molar-refractivity contribution is 5.76. The van der Waals surface area contributed by atoms with Crippen molar-refractivity contribution in [3.8, 4) is 0 Å². The fourth-order valence-corrected chi connectivity index (χ4v) is 2.48. The van der Waals surface area contributed by atoms with Crippen LogP contribution in [0, 0.1) is 0 Å². The zero-order valence-electron chi connectivity index (χ0n) is 14.5. The lowest BCUT2D eigenvalue weighted by Crippen LogP contribution is -2.25. The van der Waals surface area contributed by atoms with Crippen molar-refractivity contribution in [2.45, 2.75) is 26.8 Å². The topological polar surface area (TPSA) is 57.3 Å². The van der Waals surface area contributed by atoms with Crippen molar-refractivity contribution in [2.24, 2.45) is 0 Å². The fourth-order valence-electron chi connectivity index (χ4n) is 2.48. The summed E-state index contributed by atoms with van der Waals surface area (Å²) >= 11 is 0. The van der Waals surface area contributed by atoms with Gasteiger partial charge in [0.2, 0.25) is 5.91 Å². The van der Waals surface area contributed by atoms with Crippen LogP contribution in [0.2, 0.25) is 0 Å². The van der Waals surface area contributed by atoms with Crippen LogP contribution in [0.5, 0.6) is 0 Å². The Hall–Kier alpha value is -2.56. The first-order valence-electron chi connectivity index (χ1n) is 8.48. The number of nitrogens with one attached hydrogen (secondary N) is 2. The van der Waals surface area contributed by atoms with E-state index in [0.717, 1.165) is 24.5 Å². The average Bonchev–Trinajstić information content (AvgIpc) is 2.63. The largest absolute Gasteiger partial charge is 0.385 e. The van der Waals surface area contributed by atoms with Gasteiger partial charge in [0.05, 0.1) is 12.2 Å². The number of aromatic nitrogens is 1. The molecule has 128 valence electrons. The van der Waals surface area contributed by atoms with Gasteiger partial charge in [-0.05, 0) is 50.2 Å². The standard InChI is InChI=1S/C19H26N4O/c1-3-23(4-2)18-10-8-16(9-11-18)21-14-12-19(24)22-15-17-7-5-6-13-20-17/h5-11,13,21H,3-4,12,14-15H2,1-2H3,(H,22,24). The summed E-state index contributed by atoms with van der Waals surface area (Å²) in [6.07, 6.45) is 2.16. The predicted octanol–water partition coefficient (Wildman–Crippen LogP) is 3.05. The molecule has 0 saturated heterocycles. The quantitative estimate of drug-likeness (QED) is 0.744. The molecule has 0 fully saturated rings. The van der Waals surface area contributed by atoms with Crippen molar-refractivity contribution in [3.63, 3.8) is 0 Å². The molecule has 0 saturated carbocycles. The molecule has 2 N–H and O–H groups in total. The number of carbonyl (C=O) groups is 1. The van der Waals surface area contributed by atoms with Crippen molar-refractivity contribution in [1.29, 1.82) is 0 Å². The molecule has 0 aliphatic heterocycles. The molecule has 5 nitrogen and oxygen atoms in total. The Bertz CT molecular complexity index is 609. The Morgan fingerprint density at radius 1 is 1.08 bits per heavy atom. The number of nitrogens with zero attached hydrogens (tertiary/aromatic N) is 2. The summed E-state index contributed by atoms with van der Waals surface area (Å²) in [5.74, 6) is 0.0212. The van der Waals surface area contributed by atoms with Gasteiger partial charge in [0.25, 0.3) is 0 Å². The summed E-state index contributed by atoms with van der Waals surface area (Å²) in [6.45, 7) is 7.38. The van der Waals surface area contributed by atoms with Crippen LogP contribution >= 0.6 is 0 Å². The van der Waals surface area contributed by atoms with Crippen molar-refractivity contribution < 1.29 is 4.79 Å². The highest BCUT2D eigenvalue weighted by Crippen LogP contribution is 2.17. The molecule has 2 aromatic rings. The molecule has 0 bridgehead atoms. The van der Waals surface area contributed by atoms with E-state index in [9.17, 15) is 4.79 Å². The lowest BCUT2D eigenvalue weighted by Gasteiger charge is -2.21. The van der Waals surface area contributed by atoms with E-state index >= 15 is 0 Å². The van der Waals surface area contributed by atoms with Crippen molar-refractivity contribution >= 4 is 17.3 Å². The molecule has 1 amide bonds. The van der Waals surface area contributed by atoms with Gasteiger partial charge in [-0.1, -0.05) is 6.07 Å². The highest BCUT2D eigenvalue weighted by Gasteiger charge is 2.03. The second kappa shape index (κ2) is 9.55. The second-order valence-corrected chi connectivity index (χ2v) is 5.49. The molecule has 0 atom stereocenters. The summed E-state index contributed by atoms with van der Waals surface area (Å²) in [5, 5.41) is 6.16. The van der Waals surface area contributed by atoms with E-state index in [4.69, 9.17) is 0 Å². The summed E-state index contributed by atoms with van der Waals surface area (Å²) in [5.41, 5.74) is 3.12. The number of benzene rings is 1. The first-order valence-corrected chi connectivity index (χ1v) is 8.48. The number of hydrogen-bond acceptors (Lipinski definition) is 4. The van der Waals surface area contributed by atoms with Crippen LogP contribution < -0.4 is 15.5 Å². The van der Waals surface area contributed by atoms with Gasteiger partial charge < -0.3 is 15.5 Å². The molecular formula is C19H26N4O. The molecule has 0 radical (unpaired) electrons. The molecule has 2 rings (SSSR count). The molecule has 0 aliphatic rings. The summed E-state index contributed by atoms with van der Waals surface area (Å²) < 4.78 is 0. The lowest BCUT2D eigenvalue weighted by molar-refractivity contribution is -0.121. The van der Waals surface area contributed by atoms with Gasteiger partial charge in [-0.15, -0.1) is 0 Å². The van der Waals surface area contributed by atoms with Gasteiger partial charge in [-0.25, -0.2) is 0 Å². The molecule has 1 heterocycles. The fraction of sp³-hybridized carbons (Fsp3) is 0.368. The number of hydrogen-bond donors (Lipinski definition) is 2. The first-order chi connectivity index (χ1) is 11.7. The Kier molecular flexibility index (Phi) is 7.08. The monoisotopic (exact) mass is 326 g/mol. The summed E-state index contributed by atoms with van der Waals surface area (Å²) in [7, 11) is 0. The van der Waals surface area contributed by atoms with Gasteiger partial charge in [-0.2, -0.15) is 0 Å². The number of pyridine rings is 1. The van der Waals surface area contributed by atoms with Gasteiger partial charge in [-0.3, -0.25) is 9.78 Å². The third-order valence-electron chi connectivity index (χ3n) is 3.87. The predicted molar refractivity (Wildman–Crippen MR) is 99.2 cm³/mol. The van der Waals surface area contributed by atoms with Gasteiger partial charge in [0, 0.05) is 43.6 Å². The average molecular weight is 326 g/mol. The van der Waals surface area contributed by atoms with E-state index in [1.54, 1.807) is 6.20 Å². The Morgan fingerprint density at radius 2 is 1.83 bits per heavy atom. The first kappa shape index (κ1) is 17.8. The molecule has 0 unspecified atom stereocenters. The Morgan fingerprint density at radius 3 is 2.46 bits per heavy atom. The maximum Gasteiger partial charge on any atom is 0.222 e. The molecule has 1 aromatic heterocycles. The highest BCUT2D eigenvalue weighted by atomic mass is 16.1. The van der Waals surface area contributed by atoms with Crippen LogP contribution in [0.3, 0.4) is 0 Å². The Labute approximate surface area is 144 Å². The van der Waals surface area contributed by atoms with Crippen LogP contribution in [0.4, 0.5) is 11.4 Å². The van der Waals surface area contributed by atoms with E-state index in [2.05, 4.69) is 58.6 Å². The van der Waals surface area contributed by atoms with Crippen LogP contribution in [-0.4, -0.2) is 30.5 Å². The molecular weight excluding hydrogens is 300 g/mol. The van der Waals surface area contributed by atoms with Gasteiger partial charge in [0.1, 0.15) is 0 Å². The van der Waals surface area contributed by atoms with Gasteiger partial charge in [0.15, 0.2) is 0 Å². The van der Waals surface area contributed by atoms with Crippen molar-refractivity contribution in [2.75, 3.05) is 29.9 Å². The maximum atomic E-state index is 11.8. The molecule has 0 spiro atoms. The van der Waals surface area contributed by atoms with E-state index in [0.29, 0.717) is 19.5 Å². The minimum atomic E-state index is 0.0212. The summed E-state index contributed by atoms with van der Waals surface area (Å²) in [6, 6.07) is 14.0. The van der Waals surface area contributed by atoms with E-state index in [1.807, 2.05) is 18.2 Å². The van der Waals surface area contributed by atoms with Crippen LogP contribution in [0.25, 0.3) is 0 Å². The van der Waals surface area contributed by atoms with Crippen molar-refractivity contribution in [1.82, 2.24) is 10.3 Å². The number of amides is 1. The van der Waals surface area contributed by atoms with E-state index in [-0.39, 0.29) is 5.91 Å². The number of rotatable bonds is 9. The molecule has 5 heteroatoms.